The van der Waals surface area contributed by atoms with Crippen molar-refractivity contribution in [3.05, 3.63) is 48.7 Å². The number of aromatic nitrogens is 1. The molecule has 0 bridgehead atoms. The predicted octanol–water partition coefficient (Wildman–Crippen LogP) is 1.25. The Kier molecular flexibility index (Phi) is 7.01. The molecule has 10 heteroatoms. The second-order valence-corrected chi connectivity index (χ2v) is 8.80. The number of hydrogen-bond donors (Lipinski definition) is 2. The summed E-state index contributed by atoms with van der Waals surface area (Å²) in [5, 5.41) is 5.17. The summed E-state index contributed by atoms with van der Waals surface area (Å²) in [7, 11) is -2.21. The second-order valence-electron chi connectivity index (χ2n) is 6.86. The first kappa shape index (κ1) is 21.7. The van der Waals surface area contributed by atoms with E-state index in [1.54, 1.807) is 36.5 Å². The molecule has 0 aliphatic carbocycles. The summed E-state index contributed by atoms with van der Waals surface area (Å²) < 4.78 is 32.2. The van der Waals surface area contributed by atoms with Crippen LogP contribution < -0.4 is 15.4 Å². The van der Waals surface area contributed by atoms with Gasteiger partial charge in [0, 0.05) is 19.3 Å². The number of ether oxygens (including phenoxy) is 1. The van der Waals surface area contributed by atoms with E-state index >= 15 is 0 Å². The van der Waals surface area contributed by atoms with Crippen LogP contribution in [0, 0.1) is 5.92 Å². The highest BCUT2D eigenvalue weighted by molar-refractivity contribution is 7.89. The van der Waals surface area contributed by atoms with Gasteiger partial charge in [-0.05, 0) is 49.2 Å². The normalized spacial score (nSPS) is 17.2. The van der Waals surface area contributed by atoms with Crippen LogP contribution in [0.4, 0.5) is 5.82 Å². The minimum atomic E-state index is -3.72. The number of amides is 2. The molecule has 1 aromatic heterocycles. The van der Waals surface area contributed by atoms with Gasteiger partial charge in [-0.2, -0.15) is 4.31 Å². The standard InChI is InChI=1S/C20H24N4O5S/c1-29-16-7-9-17(10-8-16)30(27,28)24-12-4-5-15(14-24)20(26)22-13-19(25)23-18-6-2-3-11-21-18/h2-3,6-11,15H,4-5,12-14H2,1H3,(H,22,26)(H,21,23,25)/t15-/m1/s1. The predicted molar refractivity (Wildman–Crippen MR) is 110 cm³/mol. The molecule has 1 aromatic carbocycles. The Morgan fingerprint density at radius 1 is 1.20 bits per heavy atom. The first-order chi connectivity index (χ1) is 14.4. The van der Waals surface area contributed by atoms with Gasteiger partial charge in [0.25, 0.3) is 0 Å². The summed E-state index contributed by atoms with van der Waals surface area (Å²) in [6.07, 6.45) is 2.67. The van der Waals surface area contributed by atoms with Crippen LogP contribution in [0.15, 0.2) is 53.6 Å². The molecule has 2 N–H and O–H groups in total. The van der Waals surface area contributed by atoms with Crippen molar-refractivity contribution in [2.24, 2.45) is 5.92 Å². The minimum Gasteiger partial charge on any atom is -0.497 e. The van der Waals surface area contributed by atoms with Gasteiger partial charge in [-0.3, -0.25) is 9.59 Å². The van der Waals surface area contributed by atoms with Crippen LogP contribution in [0.3, 0.4) is 0 Å². The molecule has 1 aliphatic heterocycles. The Hall–Kier alpha value is -2.98. The summed E-state index contributed by atoms with van der Waals surface area (Å²) in [5.41, 5.74) is 0. The summed E-state index contributed by atoms with van der Waals surface area (Å²) in [5.74, 6) is -0.309. The maximum atomic E-state index is 12.9. The van der Waals surface area contributed by atoms with Crippen molar-refractivity contribution >= 4 is 27.7 Å². The van der Waals surface area contributed by atoms with Gasteiger partial charge >= 0.3 is 0 Å². The van der Waals surface area contributed by atoms with Crippen LogP contribution in [0.25, 0.3) is 0 Å². The maximum Gasteiger partial charge on any atom is 0.244 e. The molecule has 0 unspecified atom stereocenters. The maximum absolute atomic E-state index is 12.9. The monoisotopic (exact) mass is 432 g/mol. The smallest absolute Gasteiger partial charge is 0.244 e. The number of pyridine rings is 1. The van der Waals surface area contributed by atoms with E-state index in [2.05, 4.69) is 15.6 Å². The fraction of sp³-hybridized carbons (Fsp3) is 0.350. The van der Waals surface area contributed by atoms with Crippen molar-refractivity contribution in [3.8, 4) is 5.75 Å². The molecule has 9 nitrogen and oxygen atoms in total. The number of sulfonamides is 1. The average molecular weight is 433 g/mol. The molecule has 2 amide bonds. The highest BCUT2D eigenvalue weighted by atomic mass is 32.2. The Morgan fingerprint density at radius 2 is 1.97 bits per heavy atom. The molecule has 1 aliphatic rings. The Balaban J connectivity index is 1.56. The number of rotatable bonds is 7. The van der Waals surface area contributed by atoms with E-state index in [1.807, 2.05) is 0 Å². The van der Waals surface area contributed by atoms with E-state index < -0.39 is 21.8 Å². The topological polar surface area (TPSA) is 118 Å². The van der Waals surface area contributed by atoms with Gasteiger partial charge in [0.15, 0.2) is 0 Å². The highest BCUT2D eigenvalue weighted by Gasteiger charge is 2.33. The first-order valence-electron chi connectivity index (χ1n) is 9.53. The van der Waals surface area contributed by atoms with Crippen LogP contribution >= 0.6 is 0 Å². The lowest BCUT2D eigenvalue weighted by Crippen LogP contribution is -2.46. The molecular weight excluding hydrogens is 408 g/mol. The summed E-state index contributed by atoms with van der Waals surface area (Å²) in [6.45, 7) is 0.206. The average Bonchev–Trinajstić information content (AvgIpc) is 2.78. The quantitative estimate of drug-likeness (QED) is 0.680. The van der Waals surface area contributed by atoms with Gasteiger partial charge in [-0.15, -0.1) is 0 Å². The molecule has 1 atom stereocenters. The molecule has 0 radical (unpaired) electrons. The SMILES string of the molecule is COc1ccc(S(=O)(=O)N2CCC[C@@H](C(=O)NCC(=O)Nc3ccccn3)C2)cc1. The summed E-state index contributed by atoms with van der Waals surface area (Å²) in [4.78, 5) is 28.6. The van der Waals surface area contributed by atoms with Crippen molar-refractivity contribution in [1.29, 1.82) is 0 Å². The lowest BCUT2D eigenvalue weighted by molar-refractivity contribution is -0.128. The fourth-order valence-electron chi connectivity index (χ4n) is 3.21. The zero-order chi connectivity index (χ0) is 21.6. The zero-order valence-electron chi connectivity index (χ0n) is 16.6. The third kappa shape index (κ3) is 5.33. The molecule has 30 heavy (non-hydrogen) atoms. The second kappa shape index (κ2) is 9.68. The number of hydrogen-bond acceptors (Lipinski definition) is 6. The van der Waals surface area contributed by atoms with E-state index in [0.29, 0.717) is 31.0 Å². The number of nitrogens with zero attached hydrogens (tertiary/aromatic N) is 2. The van der Waals surface area contributed by atoms with E-state index in [9.17, 15) is 18.0 Å². The number of carbonyl (C=O) groups is 2. The number of benzene rings is 1. The number of carbonyl (C=O) groups excluding carboxylic acids is 2. The van der Waals surface area contributed by atoms with Gasteiger partial charge in [0.05, 0.1) is 24.5 Å². The number of piperidine rings is 1. The van der Waals surface area contributed by atoms with Gasteiger partial charge in [0.1, 0.15) is 11.6 Å². The zero-order valence-corrected chi connectivity index (χ0v) is 17.4. The van der Waals surface area contributed by atoms with E-state index in [1.165, 1.54) is 23.5 Å². The lowest BCUT2D eigenvalue weighted by Gasteiger charge is -2.31. The summed E-state index contributed by atoms with van der Waals surface area (Å²) in [6, 6.07) is 11.2. The lowest BCUT2D eigenvalue weighted by atomic mass is 9.99. The third-order valence-corrected chi connectivity index (χ3v) is 6.69. The van der Waals surface area contributed by atoms with Crippen LogP contribution in [0.1, 0.15) is 12.8 Å². The van der Waals surface area contributed by atoms with Crippen molar-refractivity contribution in [3.63, 3.8) is 0 Å². The van der Waals surface area contributed by atoms with Crippen LogP contribution in [0.2, 0.25) is 0 Å². The molecule has 0 saturated carbocycles. The molecule has 1 fully saturated rings. The molecule has 2 heterocycles. The number of nitrogens with one attached hydrogen (secondary N) is 2. The van der Waals surface area contributed by atoms with Crippen molar-refractivity contribution < 1.29 is 22.7 Å². The van der Waals surface area contributed by atoms with Crippen molar-refractivity contribution in [2.75, 3.05) is 32.1 Å². The molecule has 2 aromatic rings. The third-order valence-electron chi connectivity index (χ3n) is 4.81. The molecule has 1 saturated heterocycles. The van der Waals surface area contributed by atoms with E-state index in [0.717, 1.165) is 0 Å². The Bertz CT molecular complexity index is 980. The molecule has 3 rings (SSSR count). The van der Waals surface area contributed by atoms with Crippen LogP contribution in [-0.4, -0.2) is 56.3 Å². The molecular formula is C20H24N4O5S. The Morgan fingerprint density at radius 3 is 2.63 bits per heavy atom. The van der Waals surface area contributed by atoms with E-state index in [-0.39, 0.29) is 23.9 Å². The summed E-state index contributed by atoms with van der Waals surface area (Å²) >= 11 is 0. The first-order valence-corrected chi connectivity index (χ1v) is 11.0. The van der Waals surface area contributed by atoms with Crippen LogP contribution in [0.5, 0.6) is 5.75 Å². The van der Waals surface area contributed by atoms with Gasteiger partial charge in [0.2, 0.25) is 21.8 Å². The minimum absolute atomic E-state index is 0.0715. The van der Waals surface area contributed by atoms with Crippen LogP contribution in [-0.2, 0) is 19.6 Å². The Labute approximate surface area is 175 Å². The largest absolute Gasteiger partial charge is 0.497 e. The highest BCUT2D eigenvalue weighted by Crippen LogP contribution is 2.25. The molecule has 160 valence electrons. The van der Waals surface area contributed by atoms with Gasteiger partial charge in [-0.25, -0.2) is 13.4 Å². The molecule has 0 spiro atoms. The number of methoxy groups -OCH3 is 1. The van der Waals surface area contributed by atoms with Crippen molar-refractivity contribution in [2.45, 2.75) is 17.7 Å². The van der Waals surface area contributed by atoms with Gasteiger partial charge in [-0.1, -0.05) is 6.07 Å². The number of anilines is 1. The van der Waals surface area contributed by atoms with Gasteiger partial charge < -0.3 is 15.4 Å². The van der Waals surface area contributed by atoms with Crippen molar-refractivity contribution in [1.82, 2.24) is 14.6 Å². The van der Waals surface area contributed by atoms with E-state index in [4.69, 9.17) is 4.74 Å². The fourth-order valence-corrected chi connectivity index (χ4v) is 4.73.